The summed E-state index contributed by atoms with van der Waals surface area (Å²) in [4.78, 5) is 0. The van der Waals surface area contributed by atoms with Crippen LogP contribution in [0, 0.1) is 0 Å². The minimum Gasteiger partial charge on any atom is -0.337 e. The molecular weight excluding hydrogens is 526 g/mol. The van der Waals surface area contributed by atoms with Gasteiger partial charge in [-0.2, -0.15) is 0 Å². The van der Waals surface area contributed by atoms with Gasteiger partial charge in [-0.25, -0.2) is 0 Å². The molecule has 0 unspecified atom stereocenters. The summed E-state index contributed by atoms with van der Waals surface area (Å²) in [6.07, 6.45) is 45.7. The highest BCUT2D eigenvalue weighted by Crippen LogP contribution is 2.18. The summed E-state index contributed by atoms with van der Waals surface area (Å²) in [5.41, 5.74) is 0. The summed E-state index contributed by atoms with van der Waals surface area (Å²) < 4.78 is 12.5. The van der Waals surface area contributed by atoms with Gasteiger partial charge in [0.2, 0.25) is 5.91 Å². The van der Waals surface area contributed by atoms with Crippen molar-refractivity contribution in [2.24, 2.45) is 0 Å². The van der Waals surface area contributed by atoms with Crippen molar-refractivity contribution < 1.29 is 9.47 Å². The lowest BCUT2D eigenvalue weighted by atomic mass is 10.0. The van der Waals surface area contributed by atoms with Crippen molar-refractivity contribution in [3.05, 3.63) is 0 Å². The number of rotatable bonds is 38. The van der Waals surface area contributed by atoms with Crippen molar-refractivity contribution in [2.75, 3.05) is 20.3 Å². The molecule has 0 aromatic carbocycles. The third-order valence-corrected chi connectivity index (χ3v) is 9.51. The van der Waals surface area contributed by atoms with Crippen LogP contribution in [0.15, 0.2) is 0 Å². The molecule has 0 spiro atoms. The number of hydrogen-bond donors (Lipinski definition) is 1. The first-order valence-electron chi connectivity index (χ1n) is 20.2. The molecule has 3 heteroatoms. The Hall–Kier alpha value is -0.120. The third kappa shape index (κ3) is 31.6. The molecule has 0 aromatic heterocycles. The van der Waals surface area contributed by atoms with Crippen molar-refractivity contribution >= 4 is 0 Å². The molecule has 0 saturated carbocycles. The minimum atomic E-state index is -0.592. The molecule has 0 amide bonds. The molecule has 0 heterocycles. The van der Waals surface area contributed by atoms with Gasteiger partial charge in [0.05, 0.1) is 13.2 Å². The van der Waals surface area contributed by atoms with Crippen molar-refractivity contribution in [3.8, 4) is 0 Å². The fourth-order valence-electron chi connectivity index (χ4n) is 6.34. The second-order valence-corrected chi connectivity index (χ2v) is 13.7. The highest BCUT2D eigenvalue weighted by atomic mass is 16.7. The minimum absolute atomic E-state index is 0.592. The molecule has 0 atom stereocenters. The van der Waals surface area contributed by atoms with Crippen LogP contribution in [0.25, 0.3) is 0 Å². The Labute approximate surface area is 273 Å². The summed E-state index contributed by atoms with van der Waals surface area (Å²) in [7, 11) is 1.98. The standard InChI is InChI=1S/C40H83NO2/c1-5-8-10-12-14-16-18-20-22-24-26-28-30-32-34-36-38-42-40(7-3,41-4)43-39-37-35-33-31-29-27-25-23-21-19-17-15-13-11-9-6-2/h41H,5-39H2,1-4H3. The van der Waals surface area contributed by atoms with Gasteiger partial charge in [-0.15, -0.1) is 0 Å². The molecule has 0 bridgehead atoms. The quantitative estimate of drug-likeness (QED) is 0.0558. The van der Waals surface area contributed by atoms with Crippen molar-refractivity contribution in [1.82, 2.24) is 5.32 Å². The lowest BCUT2D eigenvalue weighted by Gasteiger charge is -2.32. The van der Waals surface area contributed by atoms with E-state index >= 15 is 0 Å². The Balaban J connectivity index is 3.49. The van der Waals surface area contributed by atoms with Crippen molar-refractivity contribution in [2.45, 2.75) is 239 Å². The van der Waals surface area contributed by atoms with Crippen LogP contribution in [0.2, 0.25) is 0 Å². The average Bonchev–Trinajstić information content (AvgIpc) is 3.03. The number of nitrogens with one attached hydrogen (secondary N) is 1. The van der Waals surface area contributed by atoms with Gasteiger partial charge in [-0.1, -0.05) is 213 Å². The zero-order valence-electron chi connectivity index (χ0n) is 30.6. The number of ether oxygens (including phenoxy) is 2. The van der Waals surface area contributed by atoms with Gasteiger partial charge in [0, 0.05) is 6.42 Å². The van der Waals surface area contributed by atoms with Gasteiger partial charge >= 0.3 is 0 Å². The average molecular weight is 610 g/mol. The van der Waals surface area contributed by atoms with E-state index in [-0.39, 0.29) is 0 Å². The van der Waals surface area contributed by atoms with Crippen LogP contribution >= 0.6 is 0 Å². The maximum Gasteiger partial charge on any atom is 0.226 e. The fraction of sp³-hybridized carbons (Fsp3) is 1.00. The molecule has 3 nitrogen and oxygen atoms in total. The monoisotopic (exact) mass is 610 g/mol. The highest BCUT2D eigenvalue weighted by Gasteiger charge is 2.27. The molecule has 0 rings (SSSR count). The van der Waals surface area contributed by atoms with E-state index in [1.807, 2.05) is 7.05 Å². The lowest BCUT2D eigenvalue weighted by Crippen LogP contribution is -2.48. The summed E-state index contributed by atoms with van der Waals surface area (Å²) in [5.74, 6) is -0.592. The lowest BCUT2D eigenvalue weighted by molar-refractivity contribution is -0.256. The predicted molar refractivity (Wildman–Crippen MR) is 193 cm³/mol. The number of unbranched alkanes of at least 4 members (excludes halogenated alkanes) is 30. The zero-order valence-corrected chi connectivity index (χ0v) is 30.6. The second kappa shape index (κ2) is 36.3. The fourth-order valence-corrected chi connectivity index (χ4v) is 6.34. The molecule has 260 valence electrons. The molecule has 0 fully saturated rings. The van der Waals surface area contributed by atoms with Gasteiger partial charge in [0.1, 0.15) is 0 Å². The van der Waals surface area contributed by atoms with E-state index in [9.17, 15) is 0 Å². The van der Waals surface area contributed by atoms with Gasteiger partial charge < -0.3 is 9.47 Å². The first-order valence-corrected chi connectivity index (χ1v) is 20.2. The van der Waals surface area contributed by atoms with Crippen LogP contribution in [0.4, 0.5) is 0 Å². The molecule has 0 radical (unpaired) electrons. The van der Waals surface area contributed by atoms with Gasteiger partial charge in [-0.05, 0) is 19.9 Å². The molecule has 0 aromatic rings. The van der Waals surface area contributed by atoms with E-state index in [1.165, 1.54) is 193 Å². The van der Waals surface area contributed by atoms with Crippen molar-refractivity contribution in [1.29, 1.82) is 0 Å². The van der Waals surface area contributed by atoms with E-state index < -0.39 is 5.91 Å². The topological polar surface area (TPSA) is 30.5 Å². The smallest absolute Gasteiger partial charge is 0.226 e. The third-order valence-electron chi connectivity index (χ3n) is 9.51. The maximum absolute atomic E-state index is 6.24. The molecule has 0 saturated heterocycles. The van der Waals surface area contributed by atoms with Crippen LogP contribution in [0.1, 0.15) is 233 Å². The van der Waals surface area contributed by atoms with E-state index in [4.69, 9.17) is 9.47 Å². The SMILES string of the molecule is CCCCCCCCCCCCCCCCCCOC(CC)(NC)OCCCCCCCCCCCCCCCCCC. The molecule has 0 aliphatic rings. The van der Waals surface area contributed by atoms with Gasteiger partial charge in [0.15, 0.2) is 0 Å². The summed E-state index contributed by atoms with van der Waals surface area (Å²) in [6.45, 7) is 8.36. The molecular formula is C40H83NO2. The van der Waals surface area contributed by atoms with E-state index in [2.05, 4.69) is 26.1 Å². The maximum atomic E-state index is 6.24. The summed E-state index contributed by atoms with van der Waals surface area (Å²) in [6, 6.07) is 0. The molecule has 0 aliphatic carbocycles. The van der Waals surface area contributed by atoms with Crippen molar-refractivity contribution in [3.63, 3.8) is 0 Å². The molecule has 43 heavy (non-hydrogen) atoms. The Bertz CT molecular complexity index is 453. The first kappa shape index (κ1) is 42.9. The van der Waals surface area contributed by atoms with Crippen LogP contribution in [-0.4, -0.2) is 26.2 Å². The Morgan fingerprint density at radius 2 is 0.535 bits per heavy atom. The normalized spacial score (nSPS) is 12.0. The van der Waals surface area contributed by atoms with E-state index in [0.29, 0.717) is 0 Å². The van der Waals surface area contributed by atoms with Crippen LogP contribution in [-0.2, 0) is 9.47 Å². The van der Waals surface area contributed by atoms with Crippen LogP contribution in [0.3, 0.4) is 0 Å². The van der Waals surface area contributed by atoms with Crippen LogP contribution in [0.5, 0.6) is 0 Å². The molecule has 0 aliphatic heterocycles. The predicted octanol–water partition coefficient (Wildman–Crippen LogP) is 13.8. The highest BCUT2D eigenvalue weighted by molar-refractivity contribution is 4.63. The molecule has 1 N–H and O–H groups in total. The summed E-state index contributed by atoms with van der Waals surface area (Å²) >= 11 is 0. The Morgan fingerprint density at radius 3 is 0.721 bits per heavy atom. The van der Waals surface area contributed by atoms with Gasteiger partial charge in [-0.3, -0.25) is 5.32 Å². The number of hydrogen-bond acceptors (Lipinski definition) is 3. The Morgan fingerprint density at radius 1 is 0.326 bits per heavy atom. The second-order valence-electron chi connectivity index (χ2n) is 13.7. The largest absolute Gasteiger partial charge is 0.337 e. The van der Waals surface area contributed by atoms with Crippen LogP contribution < -0.4 is 5.32 Å². The van der Waals surface area contributed by atoms with E-state index in [0.717, 1.165) is 32.5 Å². The Kier molecular flexibility index (Phi) is 36.2. The summed E-state index contributed by atoms with van der Waals surface area (Å²) in [5, 5.41) is 3.33. The zero-order chi connectivity index (χ0) is 31.4. The van der Waals surface area contributed by atoms with Gasteiger partial charge in [0.25, 0.3) is 0 Å². The van der Waals surface area contributed by atoms with E-state index in [1.54, 1.807) is 0 Å². The first-order chi connectivity index (χ1) is 21.2.